The number of rotatable bonds is 3. The third kappa shape index (κ3) is 2.59. The lowest BCUT2D eigenvalue weighted by molar-refractivity contribution is -0.117. The summed E-state index contributed by atoms with van der Waals surface area (Å²) in [7, 11) is 0. The summed E-state index contributed by atoms with van der Waals surface area (Å²) in [6, 6.07) is 14.3. The maximum Gasteiger partial charge on any atom is 0.227 e. The van der Waals surface area contributed by atoms with Gasteiger partial charge in [-0.3, -0.25) is 4.79 Å². The molecule has 1 N–H and O–H groups in total. The zero-order chi connectivity index (χ0) is 15.8. The van der Waals surface area contributed by atoms with Gasteiger partial charge in [-0.25, -0.2) is 0 Å². The van der Waals surface area contributed by atoms with E-state index in [9.17, 15) is 9.90 Å². The Morgan fingerprint density at radius 1 is 1.13 bits per heavy atom. The molecule has 4 rings (SSSR count). The van der Waals surface area contributed by atoms with Crippen LogP contribution in [0.5, 0.6) is 5.75 Å². The molecule has 1 atom stereocenters. The molecule has 1 amide bonds. The summed E-state index contributed by atoms with van der Waals surface area (Å²) in [5.41, 5.74) is 4.39. The van der Waals surface area contributed by atoms with Crippen LogP contribution >= 0.6 is 0 Å². The minimum Gasteiger partial charge on any atom is -0.493 e. The fraction of sp³-hybridized carbons (Fsp3) is 0.316. The zero-order valence-corrected chi connectivity index (χ0v) is 12.9. The molecule has 0 aliphatic carbocycles. The van der Waals surface area contributed by atoms with Gasteiger partial charge in [-0.2, -0.15) is 0 Å². The van der Waals surface area contributed by atoms with Gasteiger partial charge in [0, 0.05) is 37.6 Å². The molecule has 23 heavy (non-hydrogen) atoms. The lowest BCUT2D eigenvalue weighted by Gasteiger charge is -2.17. The normalized spacial score (nSPS) is 19.8. The summed E-state index contributed by atoms with van der Waals surface area (Å²) in [5.74, 6) is 1.12. The van der Waals surface area contributed by atoms with Gasteiger partial charge in [0.2, 0.25) is 5.91 Å². The van der Waals surface area contributed by atoms with Crippen LogP contribution in [-0.2, 0) is 11.2 Å². The predicted molar refractivity (Wildman–Crippen MR) is 88.6 cm³/mol. The predicted octanol–water partition coefficient (Wildman–Crippen LogP) is 2.63. The zero-order valence-electron chi connectivity index (χ0n) is 12.9. The first-order chi connectivity index (χ1) is 11.2. The molecule has 1 saturated heterocycles. The second-order valence-corrected chi connectivity index (χ2v) is 6.22. The number of aliphatic hydroxyl groups excluding tert-OH is 1. The van der Waals surface area contributed by atoms with E-state index in [0.717, 1.165) is 35.6 Å². The van der Waals surface area contributed by atoms with Gasteiger partial charge in [-0.15, -0.1) is 0 Å². The summed E-state index contributed by atoms with van der Waals surface area (Å²) in [4.78, 5) is 13.8. The molecule has 2 aromatic rings. The molecule has 2 aromatic carbocycles. The number of carbonyl (C=O) groups is 1. The van der Waals surface area contributed by atoms with Crippen molar-refractivity contribution in [2.24, 2.45) is 5.92 Å². The molecule has 1 unspecified atom stereocenters. The van der Waals surface area contributed by atoms with Crippen LogP contribution in [0.25, 0.3) is 11.1 Å². The van der Waals surface area contributed by atoms with Crippen LogP contribution in [0.2, 0.25) is 0 Å². The maximum atomic E-state index is 12.0. The largest absolute Gasteiger partial charge is 0.493 e. The van der Waals surface area contributed by atoms with E-state index in [1.54, 1.807) is 4.90 Å². The Balaban J connectivity index is 1.58. The van der Waals surface area contributed by atoms with Crippen molar-refractivity contribution < 1.29 is 14.6 Å². The van der Waals surface area contributed by atoms with Crippen molar-refractivity contribution in [3.05, 3.63) is 48.0 Å². The van der Waals surface area contributed by atoms with Gasteiger partial charge in [0.25, 0.3) is 0 Å². The minimum atomic E-state index is 0.0519. The first-order valence-corrected chi connectivity index (χ1v) is 8.02. The number of nitrogens with zero attached hydrogens (tertiary/aromatic N) is 1. The highest BCUT2D eigenvalue weighted by Crippen LogP contribution is 2.32. The summed E-state index contributed by atoms with van der Waals surface area (Å²) < 4.78 is 5.63. The van der Waals surface area contributed by atoms with Gasteiger partial charge >= 0.3 is 0 Å². The topological polar surface area (TPSA) is 49.8 Å². The highest BCUT2D eigenvalue weighted by Gasteiger charge is 2.29. The van der Waals surface area contributed by atoms with Gasteiger partial charge in [0.05, 0.1) is 6.61 Å². The Morgan fingerprint density at radius 2 is 1.91 bits per heavy atom. The Labute approximate surface area is 135 Å². The highest BCUT2D eigenvalue weighted by molar-refractivity contribution is 5.96. The second-order valence-electron chi connectivity index (χ2n) is 6.22. The van der Waals surface area contributed by atoms with E-state index in [4.69, 9.17) is 4.74 Å². The third-order valence-corrected chi connectivity index (χ3v) is 4.67. The van der Waals surface area contributed by atoms with Crippen molar-refractivity contribution in [1.82, 2.24) is 0 Å². The SMILES string of the molecule is O=C1CC(CO)CN1c1ccc(-c2ccc3c(c2)OCC3)cc1. The molecule has 0 aromatic heterocycles. The summed E-state index contributed by atoms with van der Waals surface area (Å²) in [6.07, 6.45) is 1.41. The van der Waals surface area contributed by atoms with Crippen LogP contribution in [0.3, 0.4) is 0 Å². The number of ether oxygens (including phenoxy) is 1. The van der Waals surface area contributed by atoms with Crippen molar-refractivity contribution in [3.8, 4) is 16.9 Å². The lowest BCUT2D eigenvalue weighted by Crippen LogP contribution is -2.24. The molecule has 0 radical (unpaired) electrons. The van der Waals surface area contributed by atoms with Crippen molar-refractivity contribution in [2.75, 3.05) is 24.7 Å². The van der Waals surface area contributed by atoms with Crippen LogP contribution < -0.4 is 9.64 Å². The van der Waals surface area contributed by atoms with Gasteiger partial charge in [-0.1, -0.05) is 24.3 Å². The number of fused-ring (bicyclic) bond motifs is 1. The van der Waals surface area contributed by atoms with Crippen molar-refractivity contribution in [2.45, 2.75) is 12.8 Å². The number of aliphatic hydroxyl groups is 1. The molecule has 4 nitrogen and oxygen atoms in total. The van der Waals surface area contributed by atoms with Crippen LogP contribution in [0, 0.1) is 5.92 Å². The second kappa shape index (κ2) is 5.70. The summed E-state index contributed by atoms with van der Waals surface area (Å²) in [5, 5.41) is 9.23. The van der Waals surface area contributed by atoms with Crippen LogP contribution in [-0.4, -0.2) is 30.8 Å². The maximum absolute atomic E-state index is 12.0. The molecule has 2 aliphatic heterocycles. The average molecular weight is 309 g/mol. The van der Waals surface area contributed by atoms with Crippen molar-refractivity contribution in [1.29, 1.82) is 0 Å². The van der Waals surface area contributed by atoms with Gasteiger partial charge in [0.1, 0.15) is 5.75 Å². The number of hydrogen-bond acceptors (Lipinski definition) is 3. The molecule has 4 heteroatoms. The molecule has 118 valence electrons. The fourth-order valence-electron chi connectivity index (χ4n) is 3.33. The van der Waals surface area contributed by atoms with E-state index in [1.165, 1.54) is 5.56 Å². The number of anilines is 1. The molecule has 0 spiro atoms. The van der Waals surface area contributed by atoms with Gasteiger partial charge < -0.3 is 14.7 Å². The van der Waals surface area contributed by atoms with Crippen LogP contribution in [0.4, 0.5) is 5.69 Å². The number of hydrogen-bond donors (Lipinski definition) is 1. The number of carbonyl (C=O) groups excluding carboxylic acids is 1. The summed E-state index contributed by atoms with van der Waals surface area (Å²) >= 11 is 0. The van der Waals surface area contributed by atoms with Gasteiger partial charge in [0.15, 0.2) is 0 Å². The van der Waals surface area contributed by atoms with Gasteiger partial charge in [-0.05, 0) is 34.9 Å². The minimum absolute atomic E-state index is 0.0519. The number of amides is 1. The van der Waals surface area contributed by atoms with E-state index in [1.807, 2.05) is 24.3 Å². The van der Waals surface area contributed by atoms with Crippen molar-refractivity contribution in [3.63, 3.8) is 0 Å². The first kappa shape index (κ1) is 14.3. The lowest BCUT2D eigenvalue weighted by atomic mass is 10.0. The Kier molecular flexibility index (Phi) is 3.54. The molecule has 2 aliphatic rings. The Hall–Kier alpha value is -2.33. The molecule has 0 saturated carbocycles. The van der Waals surface area contributed by atoms with E-state index < -0.39 is 0 Å². The third-order valence-electron chi connectivity index (χ3n) is 4.67. The molecular weight excluding hydrogens is 290 g/mol. The quantitative estimate of drug-likeness (QED) is 0.948. The Morgan fingerprint density at radius 3 is 2.65 bits per heavy atom. The average Bonchev–Trinajstić information content (AvgIpc) is 3.20. The molecule has 2 heterocycles. The molecule has 0 bridgehead atoms. The fourth-order valence-corrected chi connectivity index (χ4v) is 3.33. The standard InChI is InChI=1S/C19H19NO3/c21-12-13-9-19(22)20(11-13)17-5-3-14(4-6-17)16-2-1-15-7-8-23-18(15)10-16/h1-6,10,13,21H,7-9,11-12H2. The highest BCUT2D eigenvalue weighted by atomic mass is 16.5. The van der Waals surface area contributed by atoms with E-state index in [0.29, 0.717) is 13.0 Å². The number of benzene rings is 2. The monoisotopic (exact) mass is 309 g/mol. The van der Waals surface area contributed by atoms with E-state index in [2.05, 4.69) is 18.2 Å². The summed E-state index contributed by atoms with van der Waals surface area (Å²) in [6.45, 7) is 1.43. The Bertz CT molecular complexity index is 739. The molecular formula is C19H19NO3. The smallest absolute Gasteiger partial charge is 0.227 e. The van der Waals surface area contributed by atoms with Crippen LogP contribution in [0.15, 0.2) is 42.5 Å². The van der Waals surface area contributed by atoms with Crippen molar-refractivity contribution >= 4 is 11.6 Å². The first-order valence-electron chi connectivity index (χ1n) is 8.02. The van der Waals surface area contributed by atoms with E-state index in [-0.39, 0.29) is 18.4 Å². The van der Waals surface area contributed by atoms with Crippen LogP contribution in [0.1, 0.15) is 12.0 Å². The van der Waals surface area contributed by atoms with E-state index >= 15 is 0 Å². The molecule has 1 fully saturated rings.